The number of nitrogens with one attached hydrogen (secondary N) is 3. The lowest BCUT2D eigenvalue weighted by Crippen LogP contribution is -2.44. The van der Waals surface area contributed by atoms with Crippen molar-refractivity contribution in [2.45, 2.75) is 25.8 Å². The van der Waals surface area contributed by atoms with E-state index < -0.39 is 0 Å². The second-order valence-electron chi connectivity index (χ2n) is 5.21. The molecule has 0 aromatic heterocycles. The smallest absolute Gasteiger partial charge is 0.319 e. The van der Waals surface area contributed by atoms with Crippen LogP contribution in [-0.2, 0) is 0 Å². The molecule has 2 amide bonds. The fraction of sp³-hybridized carbons (Fsp3) is 0.533. The molecule has 0 radical (unpaired) electrons. The molecule has 1 aromatic carbocycles. The van der Waals surface area contributed by atoms with Crippen LogP contribution in [0.1, 0.15) is 19.8 Å². The molecule has 1 aliphatic rings. The van der Waals surface area contributed by atoms with Crippen LogP contribution >= 0.6 is 0 Å². The van der Waals surface area contributed by atoms with Crippen molar-refractivity contribution in [2.75, 3.05) is 25.5 Å². The standard InChI is InChI=1S/C15H23N3O2/c1-11(12-6-8-16-9-7-12)17-15(19)18-13-4-3-5-14(10-13)20-2/h3-5,10-12,16H,6-9H2,1-2H3,(H2,17,18,19). The maximum atomic E-state index is 12.0. The zero-order valence-corrected chi connectivity index (χ0v) is 12.1. The summed E-state index contributed by atoms with van der Waals surface area (Å²) in [7, 11) is 1.61. The zero-order valence-electron chi connectivity index (χ0n) is 12.1. The van der Waals surface area contributed by atoms with Gasteiger partial charge in [0.15, 0.2) is 0 Å². The number of anilines is 1. The lowest BCUT2D eigenvalue weighted by atomic mass is 9.91. The Hall–Kier alpha value is -1.75. The maximum Gasteiger partial charge on any atom is 0.319 e. The molecule has 20 heavy (non-hydrogen) atoms. The van der Waals surface area contributed by atoms with Crippen LogP contribution in [0.3, 0.4) is 0 Å². The van der Waals surface area contributed by atoms with Crippen molar-refractivity contribution in [3.63, 3.8) is 0 Å². The predicted octanol–water partition coefficient (Wildman–Crippen LogP) is 2.20. The largest absolute Gasteiger partial charge is 0.497 e. The third kappa shape index (κ3) is 4.13. The summed E-state index contributed by atoms with van der Waals surface area (Å²) in [5.74, 6) is 1.28. The van der Waals surface area contributed by atoms with Crippen molar-refractivity contribution < 1.29 is 9.53 Å². The van der Waals surface area contributed by atoms with Gasteiger partial charge in [0.1, 0.15) is 5.75 Å². The van der Waals surface area contributed by atoms with Crippen LogP contribution in [0.4, 0.5) is 10.5 Å². The van der Waals surface area contributed by atoms with Gasteiger partial charge in [-0.1, -0.05) is 6.07 Å². The summed E-state index contributed by atoms with van der Waals surface area (Å²) in [5.41, 5.74) is 0.736. The van der Waals surface area contributed by atoms with E-state index in [9.17, 15) is 4.79 Å². The van der Waals surface area contributed by atoms with E-state index in [1.54, 1.807) is 13.2 Å². The SMILES string of the molecule is COc1cccc(NC(=O)NC(C)C2CCNCC2)c1. The van der Waals surface area contributed by atoms with Crippen LogP contribution in [-0.4, -0.2) is 32.3 Å². The Balaban J connectivity index is 1.84. The van der Waals surface area contributed by atoms with Crippen LogP contribution in [0.25, 0.3) is 0 Å². The molecule has 0 bridgehead atoms. The Labute approximate surface area is 120 Å². The van der Waals surface area contributed by atoms with Crippen molar-refractivity contribution >= 4 is 11.7 Å². The summed E-state index contributed by atoms with van der Waals surface area (Å²) in [6.45, 7) is 4.14. The Morgan fingerprint density at radius 2 is 2.15 bits per heavy atom. The molecule has 5 nitrogen and oxygen atoms in total. The molecular weight excluding hydrogens is 254 g/mol. The molecule has 0 saturated carbocycles. The zero-order chi connectivity index (χ0) is 14.4. The van der Waals surface area contributed by atoms with E-state index in [-0.39, 0.29) is 12.1 Å². The Morgan fingerprint density at radius 1 is 1.40 bits per heavy atom. The fourth-order valence-corrected chi connectivity index (χ4v) is 2.54. The predicted molar refractivity (Wildman–Crippen MR) is 80.2 cm³/mol. The van der Waals surface area contributed by atoms with Crippen LogP contribution in [0.15, 0.2) is 24.3 Å². The number of hydrogen-bond acceptors (Lipinski definition) is 3. The van der Waals surface area contributed by atoms with Crippen molar-refractivity contribution in [1.82, 2.24) is 10.6 Å². The van der Waals surface area contributed by atoms with Gasteiger partial charge in [0.2, 0.25) is 0 Å². The normalized spacial score (nSPS) is 17.3. The average Bonchev–Trinajstić information content (AvgIpc) is 2.48. The molecule has 1 fully saturated rings. The van der Waals surface area contributed by atoms with Gasteiger partial charge in [0.05, 0.1) is 7.11 Å². The van der Waals surface area contributed by atoms with E-state index in [1.807, 2.05) is 18.2 Å². The summed E-state index contributed by atoms with van der Waals surface area (Å²) >= 11 is 0. The van der Waals surface area contributed by atoms with Crippen LogP contribution < -0.4 is 20.7 Å². The first-order chi connectivity index (χ1) is 9.69. The number of hydrogen-bond donors (Lipinski definition) is 3. The minimum absolute atomic E-state index is 0.163. The van der Waals surface area contributed by atoms with Gasteiger partial charge in [-0.3, -0.25) is 0 Å². The van der Waals surface area contributed by atoms with E-state index in [4.69, 9.17) is 4.74 Å². The van der Waals surface area contributed by atoms with Gasteiger partial charge in [-0.25, -0.2) is 4.79 Å². The Bertz CT molecular complexity index is 444. The molecule has 1 unspecified atom stereocenters. The third-order valence-electron chi connectivity index (χ3n) is 3.78. The molecule has 1 aliphatic heterocycles. The summed E-state index contributed by atoms with van der Waals surface area (Å²) in [4.78, 5) is 12.0. The van der Waals surface area contributed by atoms with E-state index in [2.05, 4.69) is 22.9 Å². The van der Waals surface area contributed by atoms with Gasteiger partial charge < -0.3 is 20.7 Å². The van der Waals surface area contributed by atoms with Gasteiger partial charge in [-0.2, -0.15) is 0 Å². The number of amides is 2. The van der Waals surface area contributed by atoms with E-state index in [0.29, 0.717) is 5.92 Å². The number of methoxy groups -OCH3 is 1. The molecule has 1 saturated heterocycles. The van der Waals surface area contributed by atoms with Crippen molar-refractivity contribution in [3.05, 3.63) is 24.3 Å². The minimum atomic E-state index is -0.163. The summed E-state index contributed by atoms with van der Waals surface area (Å²) < 4.78 is 5.13. The molecule has 3 N–H and O–H groups in total. The van der Waals surface area contributed by atoms with Crippen LogP contribution in [0, 0.1) is 5.92 Å². The highest BCUT2D eigenvalue weighted by atomic mass is 16.5. The first kappa shape index (κ1) is 14.7. The Morgan fingerprint density at radius 3 is 2.85 bits per heavy atom. The highest BCUT2D eigenvalue weighted by Gasteiger charge is 2.21. The molecule has 1 heterocycles. The van der Waals surface area contributed by atoms with Gasteiger partial charge in [0, 0.05) is 17.8 Å². The van der Waals surface area contributed by atoms with E-state index in [0.717, 1.165) is 37.4 Å². The lowest BCUT2D eigenvalue weighted by molar-refractivity contribution is 0.237. The van der Waals surface area contributed by atoms with Crippen LogP contribution in [0.5, 0.6) is 5.75 Å². The highest BCUT2D eigenvalue weighted by molar-refractivity contribution is 5.89. The third-order valence-corrected chi connectivity index (χ3v) is 3.78. The summed E-state index contributed by atoms with van der Waals surface area (Å²) in [6, 6.07) is 7.37. The molecule has 1 atom stereocenters. The summed E-state index contributed by atoms with van der Waals surface area (Å²) in [5, 5.41) is 9.19. The van der Waals surface area contributed by atoms with E-state index >= 15 is 0 Å². The fourth-order valence-electron chi connectivity index (χ4n) is 2.54. The maximum absolute atomic E-state index is 12.0. The van der Waals surface area contributed by atoms with Crippen molar-refractivity contribution in [3.8, 4) is 5.75 Å². The van der Waals surface area contributed by atoms with Crippen LogP contribution in [0.2, 0.25) is 0 Å². The van der Waals surface area contributed by atoms with Crippen molar-refractivity contribution in [1.29, 1.82) is 0 Å². The monoisotopic (exact) mass is 277 g/mol. The highest BCUT2D eigenvalue weighted by Crippen LogP contribution is 2.18. The number of rotatable bonds is 4. The number of ether oxygens (including phenoxy) is 1. The Kier molecular flexibility index (Phi) is 5.24. The quantitative estimate of drug-likeness (QED) is 0.790. The van der Waals surface area contributed by atoms with Gasteiger partial charge in [-0.05, 0) is 50.9 Å². The molecule has 110 valence electrons. The number of carbonyl (C=O) groups is 1. The molecular formula is C15H23N3O2. The second kappa shape index (κ2) is 7.14. The summed E-state index contributed by atoms with van der Waals surface area (Å²) in [6.07, 6.45) is 2.22. The molecule has 2 rings (SSSR count). The number of carbonyl (C=O) groups excluding carboxylic acids is 1. The number of urea groups is 1. The second-order valence-corrected chi connectivity index (χ2v) is 5.21. The van der Waals surface area contributed by atoms with E-state index in [1.165, 1.54) is 0 Å². The molecule has 5 heteroatoms. The van der Waals surface area contributed by atoms with Crippen molar-refractivity contribution in [2.24, 2.45) is 5.92 Å². The van der Waals surface area contributed by atoms with Gasteiger partial charge in [0.25, 0.3) is 0 Å². The number of benzene rings is 1. The molecule has 0 spiro atoms. The minimum Gasteiger partial charge on any atom is -0.497 e. The first-order valence-corrected chi connectivity index (χ1v) is 7.11. The average molecular weight is 277 g/mol. The lowest BCUT2D eigenvalue weighted by Gasteiger charge is -2.28. The van der Waals surface area contributed by atoms with Gasteiger partial charge in [-0.15, -0.1) is 0 Å². The van der Waals surface area contributed by atoms with Gasteiger partial charge >= 0.3 is 6.03 Å². The molecule has 1 aromatic rings. The topological polar surface area (TPSA) is 62.4 Å². The molecule has 0 aliphatic carbocycles. The first-order valence-electron chi connectivity index (χ1n) is 7.11. The number of piperidine rings is 1.